The minimum atomic E-state index is -0.0432. The van der Waals surface area contributed by atoms with Crippen LogP contribution in [0.25, 0.3) is 0 Å². The van der Waals surface area contributed by atoms with Crippen LogP contribution in [0.2, 0.25) is 0 Å². The Kier molecular flexibility index (Phi) is 6.47. The molecule has 0 aromatic rings. The summed E-state index contributed by atoms with van der Waals surface area (Å²) in [5, 5.41) is 2.91. The molecule has 0 radical (unpaired) electrons. The van der Waals surface area contributed by atoms with Gasteiger partial charge in [0.2, 0.25) is 5.91 Å². The Morgan fingerprint density at radius 3 is 2.65 bits per heavy atom. The first-order valence-electron chi connectivity index (χ1n) is 6.42. The summed E-state index contributed by atoms with van der Waals surface area (Å²) in [6.45, 7) is 9.17. The van der Waals surface area contributed by atoms with Crippen LogP contribution in [0.15, 0.2) is 0 Å². The smallest absolute Gasteiger partial charge is 0.221 e. The first kappa shape index (κ1) is 14.4. The SMILES string of the molecule is CC(C)C(N)CC(=O)NCCN1CCOCC1. The van der Waals surface area contributed by atoms with E-state index in [9.17, 15) is 4.79 Å². The van der Waals surface area contributed by atoms with Crippen LogP contribution in [-0.2, 0) is 9.53 Å². The van der Waals surface area contributed by atoms with Gasteiger partial charge >= 0.3 is 0 Å². The molecule has 0 spiro atoms. The Bertz CT molecular complexity index is 228. The number of hydrogen-bond acceptors (Lipinski definition) is 4. The van der Waals surface area contributed by atoms with Crippen molar-refractivity contribution in [3.8, 4) is 0 Å². The van der Waals surface area contributed by atoms with E-state index < -0.39 is 0 Å². The maximum absolute atomic E-state index is 11.6. The van der Waals surface area contributed by atoms with E-state index in [2.05, 4.69) is 10.2 Å². The zero-order valence-corrected chi connectivity index (χ0v) is 10.9. The molecule has 5 heteroatoms. The number of nitrogens with two attached hydrogens (primary N) is 1. The number of amides is 1. The summed E-state index contributed by atoms with van der Waals surface area (Å²) in [7, 11) is 0. The topological polar surface area (TPSA) is 67.6 Å². The van der Waals surface area contributed by atoms with Gasteiger partial charge in [0.25, 0.3) is 0 Å². The molecular weight excluding hydrogens is 218 g/mol. The molecule has 1 fully saturated rings. The Morgan fingerprint density at radius 2 is 2.06 bits per heavy atom. The predicted octanol–water partition coefficient (Wildman–Crippen LogP) is -0.192. The molecule has 1 unspecified atom stereocenters. The first-order valence-corrected chi connectivity index (χ1v) is 6.42. The van der Waals surface area contributed by atoms with Crippen LogP contribution < -0.4 is 11.1 Å². The lowest BCUT2D eigenvalue weighted by Crippen LogP contribution is -2.42. The predicted molar refractivity (Wildman–Crippen MR) is 67.7 cm³/mol. The van der Waals surface area contributed by atoms with Crippen LogP contribution in [0.5, 0.6) is 0 Å². The van der Waals surface area contributed by atoms with Gasteiger partial charge in [-0.15, -0.1) is 0 Å². The van der Waals surface area contributed by atoms with Gasteiger partial charge in [0.05, 0.1) is 13.2 Å². The molecule has 1 aliphatic heterocycles. The Labute approximate surface area is 104 Å². The molecule has 3 N–H and O–H groups in total. The summed E-state index contributed by atoms with van der Waals surface area (Å²) >= 11 is 0. The molecule has 0 bridgehead atoms. The van der Waals surface area contributed by atoms with Gasteiger partial charge in [-0.05, 0) is 5.92 Å². The number of hydrogen-bond donors (Lipinski definition) is 2. The molecule has 1 rings (SSSR count). The molecule has 100 valence electrons. The van der Waals surface area contributed by atoms with E-state index >= 15 is 0 Å². The Morgan fingerprint density at radius 1 is 1.41 bits per heavy atom. The molecule has 17 heavy (non-hydrogen) atoms. The average Bonchev–Trinajstić information content (AvgIpc) is 2.30. The second kappa shape index (κ2) is 7.63. The van der Waals surface area contributed by atoms with E-state index in [4.69, 9.17) is 10.5 Å². The minimum Gasteiger partial charge on any atom is -0.379 e. The van der Waals surface area contributed by atoms with Gasteiger partial charge in [0.15, 0.2) is 0 Å². The van der Waals surface area contributed by atoms with E-state index in [-0.39, 0.29) is 11.9 Å². The van der Waals surface area contributed by atoms with E-state index in [1.807, 2.05) is 13.8 Å². The highest BCUT2D eigenvalue weighted by molar-refractivity contribution is 5.76. The third kappa shape index (κ3) is 6.00. The van der Waals surface area contributed by atoms with E-state index in [0.29, 0.717) is 18.9 Å². The fraction of sp³-hybridized carbons (Fsp3) is 0.917. The van der Waals surface area contributed by atoms with Crippen LogP contribution in [0.1, 0.15) is 20.3 Å². The highest BCUT2D eigenvalue weighted by Gasteiger charge is 2.13. The summed E-state index contributed by atoms with van der Waals surface area (Å²) in [6, 6.07) is -0.0432. The molecule has 0 aromatic heterocycles. The summed E-state index contributed by atoms with van der Waals surface area (Å²) in [5.74, 6) is 0.402. The standard InChI is InChI=1S/C12H25N3O2/c1-10(2)11(13)9-12(16)14-3-4-15-5-7-17-8-6-15/h10-11H,3-9,13H2,1-2H3,(H,14,16). The maximum atomic E-state index is 11.6. The van der Waals surface area contributed by atoms with Gasteiger partial charge < -0.3 is 15.8 Å². The second-order valence-electron chi connectivity index (χ2n) is 4.92. The van der Waals surface area contributed by atoms with Gasteiger partial charge in [0.1, 0.15) is 0 Å². The number of rotatable bonds is 6. The fourth-order valence-electron chi connectivity index (χ4n) is 1.70. The van der Waals surface area contributed by atoms with Gasteiger partial charge in [-0.2, -0.15) is 0 Å². The monoisotopic (exact) mass is 243 g/mol. The highest BCUT2D eigenvalue weighted by Crippen LogP contribution is 2.02. The van der Waals surface area contributed by atoms with Crippen molar-refractivity contribution in [2.75, 3.05) is 39.4 Å². The molecule has 0 aliphatic carbocycles. The van der Waals surface area contributed by atoms with Crippen LogP contribution in [0.4, 0.5) is 0 Å². The zero-order valence-electron chi connectivity index (χ0n) is 10.9. The Balaban J connectivity index is 2.07. The van der Waals surface area contributed by atoms with Crippen molar-refractivity contribution >= 4 is 5.91 Å². The van der Waals surface area contributed by atoms with Crippen LogP contribution in [0, 0.1) is 5.92 Å². The number of carbonyl (C=O) groups excluding carboxylic acids is 1. The number of nitrogens with one attached hydrogen (secondary N) is 1. The minimum absolute atomic E-state index is 0.0432. The lowest BCUT2D eigenvalue weighted by molar-refractivity contribution is -0.121. The summed E-state index contributed by atoms with van der Waals surface area (Å²) < 4.78 is 5.26. The molecule has 0 saturated carbocycles. The molecule has 0 aromatic carbocycles. The number of nitrogens with zero attached hydrogens (tertiary/aromatic N) is 1. The average molecular weight is 243 g/mol. The van der Waals surface area contributed by atoms with Crippen molar-refractivity contribution in [2.24, 2.45) is 11.7 Å². The van der Waals surface area contributed by atoms with Crippen molar-refractivity contribution in [3.63, 3.8) is 0 Å². The lowest BCUT2D eigenvalue weighted by atomic mass is 10.0. The molecule has 1 atom stereocenters. The molecule has 1 aliphatic rings. The van der Waals surface area contributed by atoms with Crippen molar-refractivity contribution in [1.82, 2.24) is 10.2 Å². The number of carbonyl (C=O) groups is 1. The largest absolute Gasteiger partial charge is 0.379 e. The molecule has 1 heterocycles. The molecular formula is C12H25N3O2. The summed E-state index contributed by atoms with van der Waals surface area (Å²) in [6.07, 6.45) is 0.417. The summed E-state index contributed by atoms with van der Waals surface area (Å²) in [4.78, 5) is 13.9. The van der Waals surface area contributed by atoms with E-state index in [0.717, 1.165) is 32.8 Å². The van der Waals surface area contributed by atoms with Crippen molar-refractivity contribution in [2.45, 2.75) is 26.3 Å². The zero-order chi connectivity index (χ0) is 12.7. The van der Waals surface area contributed by atoms with Crippen LogP contribution in [0.3, 0.4) is 0 Å². The van der Waals surface area contributed by atoms with E-state index in [1.54, 1.807) is 0 Å². The number of morpholine rings is 1. The maximum Gasteiger partial charge on any atom is 0.221 e. The van der Waals surface area contributed by atoms with Crippen molar-refractivity contribution < 1.29 is 9.53 Å². The normalized spacial score (nSPS) is 19.3. The fourth-order valence-corrected chi connectivity index (χ4v) is 1.70. The van der Waals surface area contributed by atoms with Crippen LogP contribution in [-0.4, -0.2) is 56.2 Å². The molecule has 5 nitrogen and oxygen atoms in total. The van der Waals surface area contributed by atoms with Crippen molar-refractivity contribution in [3.05, 3.63) is 0 Å². The second-order valence-corrected chi connectivity index (χ2v) is 4.92. The first-order chi connectivity index (χ1) is 8.09. The molecule has 1 amide bonds. The quantitative estimate of drug-likeness (QED) is 0.678. The van der Waals surface area contributed by atoms with Gasteiger partial charge in [0, 0.05) is 38.6 Å². The third-order valence-electron chi connectivity index (χ3n) is 3.13. The van der Waals surface area contributed by atoms with E-state index in [1.165, 1.54) is 0 Å². The van der Waals surface area contributed by atoms with Crippen molar-refractivity contribution in [1.29, 1.82) is 0 Å². The lowest BCUT2D eigenvalue weighted by Gasteiger charge is -2.26. The highest BCUT2D eigenvalue weighted by atomic mass is 16.5. The number of ether oxygens (including phenoxy) is 1. The Hall–Kier alpha value is -0.650. The summed E-state index contributed by atoms with van der Waals surface area (Å²) in [5.41, 5.74) is 5.84. The van der Waals surface area contributed by atoms with Gasteiger partial charge in [-0.25, -0.2) is 0 Å². The van der Waals surface area contributed by atoms with Gasteiger partial charge in [-0.3, -0.25) is 9.69 Å². The molecule has 1 saturated heterocycles. The van der Waals surface area contributed by atoms with Gasteiger partial charge in [-0.1, -0.05) is 13.8 Å². The van der Waals surface area contributed by atoms with Crippen LogP contribution >= 0.6 is 0 Å². The third-order valence-corrected chi connectivity index (χ3v) is 3.13.